The van der Waals surface area contributed by atoms with Gasteiger partial charge in [-0.25, -0.2) is 4.79 Å². The summed E-state index contributed by atoms with van der Waals surface area (Å²) in [6.07, 6.45) is 0. The number of rotatable bonds is 7. The number of aromatic hydroxyl groups is 1. The highest BCUT2D eigenvalue weighted by Crippen LogP contribution is 2.33. The Morgan fingerprint density at radius 2 is 1.50 bits per heavy atom. The van der Waals surface area contributed by atoms with Gasteiger partial charge in [0, 0.05) is 23.3 Å². The van der Waals surface area contributed by atoms with Crippen molar-refractivity contribution in [3.05, 3.63) is 71.3 Å². The molecule has 152 valence electrons. The molecule has 3 aromatic rings. The number of nitrogens with zero attached hydrogens (tertiary/aromatic N) is 1. The first-order chi connectivity index (χ1) is 14.2. The van der Waals surface area contributed by atoms with Crippen LogP contribution in [0.1, 0.15) is 21.5 Å². The summed E-state index contributed by atoms with van der Waals surface area (Å²) in [5.74, 6) is -1.92. The second-order valence-corrected chi connectivity index (χ2v) is 6.08. The molecule has 1 heterocycles. The fraction of sp³-hybridized carbons (Fsp3) is 0. The minimum atomic E-state index is -1.24. The molecule has 8 N–H and O–H groups in total. The molecular formula is C20H17N5O5. The van der Waals surface area contributed by atoms with Gasteiger partial charge in [0.25, 0.3) is 0 Å². The van der Waals surface area contributed by atoms with Crippen LogP contribution < -0.4 is 20.9 Å². The van der Waals surface area contributed by atoms with Crippen molar-refractivity contribution in [1.29, 1.82) is 10.8 Å². The van der Waals surface area contributed by atoms with Crippen molar-refractivity contribution in [2.75, 3.05) is 0 Å². The third kappa shape index (κ3) is 4.62. The van der Waals surface area contributed by atoms with Gasteiger partial charge in [-0.05, 0) is 30.3 Å². The molecule has 30 heavy (non-hydrogen) atoms. The first kappa shape index (κ1) is 20.1. The Morgan fingerprint density at radius 3 is 2.13 bits per heavy atom. The standard InChI is InChI=1S/C20H17N5O5/c21-18(22)10-2-1-3-13(6-10)29-16-8-12(20(27)28)9-17(25-16)30-15-7-11(19(23)24)4-5-14(15)26/h1-9,26H,(H3,21,22)(H3,23,24)(H,27,28). The molecule has 0 bridgehead atoms. The Balaban J connectivity index is 1.97. The topological polar surface area (TPSA) is 189 Å². The summed E-state index contributed by atoms with van der Waals surface area (Å²) in [6, 6.07) is 12.7. The van der Waals surface area contributed by atoms with Crippen molar-refractivity contribution in [3.63, 3.8) is 0 Å². The van der Waals surface area contributed by atoms with Gasteiger partial charge in [0.05, 0.1) is 5.56 Å². The molecule has 3 rings (SSSR count). The summed E-state index contributed by atoms with van der Waals surface area (Å²) in [7, 11) is 0. The number of carboxylic acid groups (broad SMARTS) is 1. The van der Waals surface area contributed by atoms with Crippen LogP contribution in [0.25, 0.3) is 0 Å². The minimum Gasteiger partial charge on any atom is -0.504 e. The maximum atomic E-state index is 11.5. The smallest absolute Gasteiger partial charge is 0.336 e. The Labute approximate surface area is 170 Å². The number of carboxylic acids is 1. The highest BCUT2D eigenvalue weighted by Gasteiger charge is 2.14. The summed E-state index contributed by atoms with van der Waals surface area (Å²) in [6.45, 7) is 0. The zero-order valence-electron chi connectivity index (χ0n) is 15.4. The van der Waals surface area contributed by atoms with Crippen LogP contribution in [0.4, 0.5) is 0 Å². The van der Waals surface area contributed by atoms with E-state index < -0.39 is 5.97 Å². The maximum absolute atomic E-state index is 11.5. The normalized spacial score (nSPS) is 10.3. The average molecular weight is 407 g/mol. The molecule has 0 aliphatic rings. The fourth-order valence-electron chi connectivity index (χ4n) is 2.43. The Hall–Kier alpha value is -4.60. The van der Waals surface area contributed by atoms with E-state index in [1.807, 2.05) is 0 Å². The monoisotopic (exact) mass is 407 g/mol. The van der Waals surface area contributed by atoms with Crippen LogP contribution >= 0.6 is 0 Å². The number of phenolic OH excluding ortho intramolecular Hbond substituents is 1. The molecular weight excluding hydrogens is 390 g/mol. The molecule has 0 unspecified atom stereocenters. The lowest BCUT2D eigenvalue weighted by Crippen LogP contribution is -2.11. The van der Waals surface area contributed by atoms with E-state index in [2.05, 4.69) is 4.98 Å². The molecule has 10 nitrogen and oxygen atoms in total. The highest BCUT2D eigenvalue weighted by atomic mass is 16.5. The van der Waals surface area contributed by atoms with Crippen molar-refractivity contribution in [2.45, 2.75) is 0 Å². The van der Waals surface area contributed by atoms with Gasteiger partial charge >= 0.3 is 5.97 Å². The zero-order valence-corrected chi connectivity index (χ0v) is 15.4. The first-order valence-electron chi connectivity index (χ1n) is 8.46. The van der Waals surface area contributed by atoms with Crippen molar-refractivity contribution in [3.8, 4) is 29.0 Å². The van der Waals surface area contributed by atoms with Gasteiger partial charge in [0.2, 0.25) is 11.8 Å². The van der Waals surface area contributed by atoms with Crippen molar-refractivity contribution in [1.82, 2.24) is 4.98 Å². The number of amidine groups is 2. The second kappa shape index (κ2) is 8.19. The van der Waals surface area contributed by atoms with Crippen LogP contribution in [0, 0.1) is 10.8 Å². The van der Waals surface area contributed by atoms with E-state index in [0.29, 0.717) is 11.1 Å². The van der Waals surface area contributed by atoms with Crippen LogP contribution in [0.2, 0.25) is 0 Å². The minimum absolute atomic E-state index is 0.0673. The van der Waals surface area contributed by atoms with E-state index >= 15 is 0 Å². The van der Waals surface area contributed by atoms with Crippen LogP contribution in [0.15, 0.2) is 54.6 Å². The maximum Gasteiger partial charge on any atom is 0.336 e. The number of aromatic carboxylic acids is 1. The zero-order chi connectivity index (χ0) is 21.8. The third-order valence-corrected chi connectivity index (χ3v) is 3.88. The van der Waals surface area contributed by atoms with Gasteiger partial charge in [-0.1, -0.05) is 12.1 Å². The number of hydrogen-bond acceptors (Lipinski definition) is 7. The number of aromatic nitrogens is 1. The van der Waals surface area contributed by atoms with E-state index in [0.717, 1.165) is 6.07 Å². The molecule has 10 heteroatoms. The molecule has 0 atom stereocenters. The van der Waals surface area contributed by atoms with Crippen LogP contribution in [0.3, 0.4) is 0 Å². The Kier molecular flexibility index (Phi) is 5.50. The summed E-state index contributed by atoms with van der Waals surface area (Å²) >= 11 is 0. The number of carbonyl (C=O) groups is 1. The van der Waals surface area contributed by atoms with Gasteiger partial charge < -0.3 is 31.2 Å². The summed E-state index contributed by atoms with van der Waals surface area (Å²) < 4.78 is 11.1. The number of nitrogen functional groups attached to an aromatic ring is 2. The lowest BCUT2D eigenvalue weighted by molar-refractivity contribution is 0.0696. The quantitative estimate of drug-likeness (QED) is 0.254. The average Bonchev–Trinajstić information content (AvgIpc) is 2.69. The van der Waals surface area contributed by atoms with E-state index in [9.17, 15) is 15.0 Å². The second-order valence-electron chi connectivity index (χ2n) is 6.08. The molecule has 0 radical (unpaired) electrons. The third-order valence-electron chi connectivity index (χ3n) is 3.88. The molecule has 2 aromatic carbocycles. The molecule has 0 saturated carbocycles. The van der Waals surface area contributed by atoms with Crippen molar-refractivity contribution in [2.24, 2.45) is 11.5 Å². The number of benzene rings is 2. The van der Waals surface area contributed by atoms with Crippen LogP contribution in [-0.4, -0.2) is 32.8 Å². The van der Waals surface area contributed by atoms with E-state index in [4.69, 9.17) is 31.8 Å². The lowest BCUT2D eigenvalue weighted by atomic mass is 10.2. The number of pyridine rings is 1. The predicted molar refractivity (Wildman–Crippen MR) is 108 cm³/mol. The Bertz CT molecular complexity index is 1160. The lowest BCUT2D eigenvalue weighted by Gasteiger charge is -2.11. The molecule has 0 aliphatic carbocycles. The number of nitrogens with one attached hydrogen (secondary N) is 2. The van der Waals surface area contributed by atoms with Crippen LogP contribution in [0.5, 0.6) is 29.0 Å². The number of phenols is 1. The number of nitrogens with two attached hydrogens (primary N) is 2. The molecule has 0 fully saturated rings. The Morgan fingerprint density at radius 1 is 0.867 bits per heavy atom. The first-order valence-corrected chi connectivity index (χ1v) is 8.46. The largest absolute Gasteiger partial charge is 0.504 e. The molecule has 1 aromatic heterocycles. The van der Waals surface area contributed by atoms with Crippen molar-refractivity contribution < 1.29 is 24.5 Å². The van der Waals surface area contributed by atoms with E-state index in [-0.39, 0.29) is 46.2 Å². The molecule has 0 spiro atoms. The number of ether oxygens (including phenoxy) is 2. The molecule has 0 aliphatic heterocycles. The van der Waals surface area contributed by atoms with Gasteiger partial charge in [-0.2, -0.15) is 4.98 Å². The summed E-state index contributed by atoms with van der Waals surface area (Å²) in [4.78, 5) is 15.6. The summed E-state index contributed by atoms with van der Waals surface area (Å²) in [5.41, 5.74) is 11.5. The summed E-state index contributed by atoms with van der Waals surface area (Å²) in [5, 5.41) is 34.3. The van der Waals surface area contributed by atoms with Crippen molar-refractivity contribution >= 4 is 17.6 Å². The SMILES string of the molecule is N=C(N)c1cccc(Oc2cc(C(=O)O)cc(Oc3cc(C(=N)N)ccc3O)n2)c1. The highest BCUT2D eigenvalue weighted by molar-refractivity contribution is 5.96. The van der Waals surface area contributed by atoms with Gasteiger partial charge in [0.1, 0.15) is 17.4 Å². The van der Waals surface area contributed by atoms with Gasteiger partial charge in [-0.3, -0.25) is 10.8 Å². The van der Waals surface area contributed by atoms with E-state index in [1.54, 1.807) is 18.2 Å². The van der Waals surface area contributed by atoms with E-state index in [1.165, 1.54) is 30.3 Å². The van der Waals surface area contributed by atoms with Gasteiger partial charge in [0.15, 0.2) is 11.5 Å². The fourth-order valence-corrected chi connectivity index (χ4v) is 2.43. The van der Waals surface area contributed by atoms with Crippen LogP contribution in [-0.2, 0) is 0 Å². The predicted octanol–water partition coefficient (Wildman–Crippen LogP) is 2.64. The molecule has 0 amide bonds. The molecule has 0 saturated heterocycles. The van der Waals surface area contributed by atoms with Gasteiger partial charge in [-0.15, -0.1) is 0 Å². The number of hydrogen-bond donors (Lipinski definition) is 6.